The minimum absolute atomic E-state index is 0.0243. The third-order valence-corrected chi connectivity index (χ3v) is 1.23. The average Bonchev–Trinajstić information content (AvgIpc) is 2.42. The molecule has 50 valence electrons. The lowest BCUT2D eigenvalue weighted by atomic mass is 10.2. The molecule has 0 radical (unpaired) electrons. The van der Waals surface area contributed by atoms with Gasteiger partial charge in [-0.1, -0.05) is 0 Å². The van der Waals surface area contributed by atoms with E-state index in [0.717, 1.165) is 0 Å². The van der Waals surface area contributed by atoms with Gasteiger partial charge < -0.3 is 11.1 Å². The fraction of sp³-hybridized carbons (Fsp3) is 0.600. The van der Waals surface area contributed by atoms with Crippen molar-refractivity contribution in [3.63, 3.8) is 0 Å². The summed E-state index contributed by atoms with van der Waals surface area (Å²) in [5, 5.41) is 2.54. The Hall–Kier alpha value is -1.06. The molecule has 1 unspecified atom stereocenters. The van der Waals surface area contributed by atoms with Gasteiger partial charge in [-0.2, -0.15) is 0 Å². The Kier molecular flexibility index (Phi) is 1.38. The van der Waals surface area contributed by atoms with Crippen LogP contribution in [0.4, 0.5) is 0 Å². The van der Waals surface area contributed by atoms with Gasteiger partial charge in [0.2, 0.25) is 11.8 Å². The molecule has 1 aliphatic heterocycles. The molecule has 2 amide bonds. The van der Waals surface area contributed by atoms with Crippen LogP contribution in [0.1, 0.15) is 12.8 Å². The Bertz CT molecular complexity index is 155. The first-order valence-electron chi connectivity index (χ1n) is 2.79. The molecule has 1 rings (SSSR count). The molecule has 0 aromatic heterocycles. The maximum Gasteiger partial charge on any atom is 0.243 e. The van der Waals surface area contributed by atoms with Gasteiger partial charge >= 0.3 is 0 Å². The number of hydrogen-bond donors (Lipinski definition) is 2. The lowest BCUT2D eigenvalue weighted by Gasteiger charge is -1.86. The van der Waals surface area contributed by atoms with Gasteiger partial charge in [0.05, 0.1) is 0 Å². The molecule has 4 heteroatoms. The highest BCUT2D eigenvalue weighted by Crippen LogP contribution is 2.06. The average molecular weight is 128 g/mol. The quantitative estimate of drug-likeness (QED) is 0.465. The molecular formula is C5H8N2O2. The highest BCUT2D eigenvalue weighted by molar-refractivity contribution is 5.96. The van der Waals surface area contributed by atoms with E-state index in [1.807, 2.05) is 0 Å². The van der Waals surface area contributed by atoms with Crippen LogP contribution in [0.2, 0.25) is 0 Å². The third-order valence-electron chi connectivity index (χ3n) is 1.23. The van der Waals surface area contributed by atoms with E-state index in [2.05, 4.69) is 5.32 Å². The Morgan fingerprint density at radius 2 is 2.33 bits per heavy atom. The Morgan fingerprint density at radius 3 is 2.67 bits per heavy atom. The summed E-state index contributed by atoms with van der Waals surface area (Å²) in [7, 11) is 0. The second-order valence-electron chi connectivity index (χ2n) is 2.07. The monoisotopic (exact) mass is 128 g/mol. The van der Waals surface area contributed by atoms with Crippen LogP contribution >= 0.6 is 0 Å². The van der Waals surface area contributed by atoms with Crippen LogP contribution in [0.3, 0.4) is 0 Å². The number of primary amides is 1. The van der Waals surface area contributed by atoms with E-state index >= 15 is 0 Å². The first kappa shape index (κ1) is 6.07. The number of hydrogen-bond acceptors (Lipinski definition) is 2. The number of carbonyl (C=O) groups excluding carboxylic acids is 2. The van der Waals surface area contributed by atoms with Crippen LogP contribution < -0.4 is 11.1 Å². The minimum atomic E-state index is -0.350. The van der Waals surface area contributed by atoms with Gasteiger partial charge in [-0.05, 0) is 6.42 Å². The van der Waals surface area contributed by atoms with E-state index in [4.69, 9.17) is 5.73 Å². The van der Waals surface area contributed by atoms with Gasteiger partial charge in [0.25, 0.3) is 0 Å². The van der Waals surface area contributed by atoms with Gasteiger partial charge in [0.15, 0.2) is 0 Å². The summed E-state index contributed by atoms with van der Waals surface area (Å²) in [5.41, 5.74) is 4.84. The molecule has 1 atom stereocenters. The van der Waals surface area contributed by atoms with Gasteiger partial charge in [0, 0.05) is 6.42 Å². The summed E-state index contributed by atoms with van der Waals surface area (Å²) in [6.07, 6.45) is 0.845. The van der Waals surface area contributed by atoms with E-state index in [1.54, 1.807) is 0 Å². The normalized spacial score (nSPS) is 23.1. The summed E-state index contributed by atoms with van der Waals surface area (Å²) in [6, 6.07) is -0.0856. The predicted octanol–water partition coefficient (Wildman–Crippen LogP) is -1.25. The fourth-order valence-corrected chi connectivity index (χ4v) is 0.620. The number of amides is 2. The zero-order chi connectivity index (χ0) is 6.85. The Morgan fingerprint density at radius 1 is 1.78 bits per heavy atom. The van der Waals surface area contributed by atoms with Crippen LogP contribution in [0.5, 0.6) is 0 Å². The molecular weight excluding hydrogens is 120 g/mol. The molecule has 0 bridgehead atoms. The highest BCUT2D eigenvalue weighted by atomic mass is 16.2. The van der Waals surface area contributed by atoms with E-state index in [1.165, 1.54) is 0 Å². The molecule has 1 saturated heterocycles. The van der Waals surface area contributed by atoms with Crippen molar-refractivity contribution >= 4 is 11.8 Å². The van der Waals surface area contributed by atoms with Crippen molar-refractivity contribution in [1.29, 1.82) is 0 Å². The van der Waals surface area contributed by atoms with Crippen molar-refractivity contribution in [1.82, 2.24) is 5.32 Å². The first-order valence-corrected chi connectivity index (χ1v) is 2.79. The van der Waals surface area contributed by atoms with Crippen molar-refractivity contribution in [3.8, 4) is 0 Å². The SMILES string of the molecule is NC(=O)CCC1NC1=O. The van der Waals surface area contributed by atoms with Crippen molar-refractivity contribution in [3.05, 3.63) is 0 Å². The molecule has 0 aliphatic carbocycles. The molecule has 1 heterocycles. The third kappa shape index (κ3) is 1.71. The molecule has 0 saturated carbocycles. The van der Waals surface area contributed by atoms with Crippen LogP contribution in [-0.2, 0) is 9.59 Å². The van der Waals surface area contributed by atoms with Crippen molar-refractivity contribution in [2.24, 2.45) is 5.73 Å². The summed E-state index contributed by atoms with van der Waals surface area (Å²) < 4.78 is 0. The Balaban J connectivity index is 2.07. The first-order chi connectivity index (χ1) is 4.20. The number of rotatable bonds is 3. The molecule has 3 N–H and O–H groups in total. The van der Waals surface area contributed by atoms with Gasteiger partial charge in [-0.25, -0.2) is 0 Å². The van der Waals surface area contributed by atoms with Crippen LogP contribution in [0, 0.1) is 0 Å². The molecule has 0 spiro atoms. The lowest BCUT2D eigenvalue weighted by molar-refractivity contribution is -0.118. The zero-order valence-corrected chi connectivity index (χ0v) is 4.89. The maximum atomic E-state index is 10.2. The largest absolute Gasteiger partial charge is 0.370 e. The van der Waals surface area contributed by atoms with E-state index in [9.17, 15) is 9.59 Å². The van der Waals surface area contributed by atoms with Crippen molar-refractivity contribution in [2.45, 2.75) is 18.9 Å². The summed E-state index contributed by atoms with van der Waals surface area (Å²) in [5.74, 6) is -0.326. The van der Waals surface area contributed by atoms with E-state index in [-0.39, 0.29) is 17.9 Å². The smallest absolute Gasteiger partial charge is 0.243 e. The van der Waals surface area contributed by atoms with E-state index in [0.29, 0.717) is 12.8 Å². The number of nitrogens with one attached hydrogen (secondary N) is 1. The summed E-state index contributed by atoms with van der Waals surface area (Å²) in [4.78, 5) is 20.4. The van der Waals surface area contributed by atoms with Gasteiger partial charge in [0.1, 0.15) is 6.04 Å². The highest BCUT2D eigenvalue weighted by Gasteiger charge is 2.32. The molecule has 1 aliphatic rings. The predicted molar refractivity (Wildman–Crippen MR) is 30.4 cm³/mol. The molecule has 4 nitrogen and oxygen atoms in total. The van der Waals surface area contributed by atoms with E-state index < -0.39 is 0 Å². The lowest BCUT2D eigenvalue weighted by Crippen LogP contribution is -2.11. The zero-order valence-electron chi connectivity index (χ0n) is 4.89. The van der Waals surface area contributed by atoms with Gasteiger partial charge in [-0.15, -0.1) is 0 Å². The molecule has 1 fully saturated rings. The minimum Gasteiger partial charge on any atom is -0.370 e. The molecule has 0 aromatic rings. The maximum absolute atomic E-state index is 10.2. The second-order valence-corrected chi connectivity index (χ2v) is 2.07. The second kappa shape index (κ2) is 2.05. The fourth-order valence-electron chi connectivity index (χ4n) is 0.620. The van der Waals surface area contributed by atoms with Crippen LogP contribution in [0.15, 0.2) is 0 Å². The summed E-state index contributed by atoms with van der Waals surface area (Å²) in [6.45, 7) is 0. The number of carbonyl (C=O) groups is 2. The molecule has 9 heavy (non-hydrogen) atoms. The number of nitrogens with two attached hydrogens (primary N) is 1. The topological polar surface area (TPSA) is 82.1 Å². The van der Waals surface area contributed by atoms with Crippen LogP contribution in [0.25, 0.3) is 0 Å². The summed E-state index contributed by atoms with van der Waals surface area (Å²) >= 11 is 0. The Labute approximate surface area is 52.4 Å². The van der Waals surface area contributed by atoms with Gasteiger partial charge in [-0.3, -0.25) is 9.59 Å². The standard InChI is InChI=1S/C5H8N2O2/c6-4(8)2-1-3-5(9)7-3/h3H,1-2H2,(H2,6,8)(H,7,9). The van der Waals surface area contributed by atoms with Crippen molar-refractivity contribution in [2.75, 3.05) is 0 Å². The molecule has 0 aromatic carbocycles. The van der Waals surface area contributed by atoms with Crippen LogP contribution in [-0.4, -0.2) is 17.9 Å². The van der Waals surface area contributed by atoms with Crippen molar-refractivity contribution < 1.29 is 9.59 Å².